The molecule has 1 aliphatic carbocycles. The number of morpholine rings is 1. The molecule has 2 fully saturated rings. The Morgan fingerprint density at radius 3 is 2.60 bits per heavy atom. The predicted octanol–water partition coefficient (Wildman–Crippen LogP) is 4.30. The number of anilines is 1. The van der Waals surface area contributed by atoms with Gasteiger partial charge in [-0.25, -0.2) is 9.37 Å². The summed E-state index contributed by atoms with van der Waals surface area (Å²) in [6.45, 7) is 6.09. The summed E-state index contributed by atoms with van der Waals surface area (Å²) in [4.78, 5) is 36.5. The molecule has 1 unspecified atom stereocenters. The first-order chi connectivity index (χ1) is 20.9. The maximum Gasteiger partial charge on any atom is 0.261 e. The summed E-state index contributed by atoms with van der Waals surface area (Å²) >= 11 is 6.58. The second-order valence-electron chi connectivity index (χ2n) is 11.7. The van der Waals surface area contributed by atoms with Crippen LogP contribution in [0.2, 0.25) is 5.02 Å². The van der Waals surface area contributed by atoms with Crippen molar-refractivity contribution in [3.8, 4) is 5.75 Å². The van der Waals surface area contributed by atoms with Crippen molar-refractivity contribution in [3.63, 3.8) is 0 Å². The lowest BCUT2D eigenvalue weighted by atomic mass is 9.93. The summed E-state index contributed by atoms with van der Waals surface area (Å²) in [6, 6.07) is 10.4. The van der Waals surface area contributed by atoms with Crippen LogP contribution in [0.5, 0.6) is 5.75 Å². The van der Waals surface area contributed by atoms with Gasteiger partial charge in [-0.3, -0.25) is 9.59 Å². The lowest BCUT2D eigenvalue weighted by Gasteiger charge is -2.38. The van der Waals surface area contributed by atoms with E-state index < -0.39 is 6.04 Å². The van der Waals surface area contributed by atoms with Crippen LogP contribution in [0.1, 0.15) is 60.1 Å². The van der Waals surface area contributed by atoms with E-state index in [2.05, 4.69) is 9.47 Å². The van der Waals surface area contributed by atoms with Gasteiger partial charge in [-0.2, -0.15) is 0 Å². The highest BCUT2D eigenvalue weighted by atomic mass is 35.5. The molecule has 4 aliphatic rings. The Labute approximate surface area is 255 Å². The molecule has 9 nitrogen and oxygen atoms in total. The summed E-state index contributed by atoms with van der Waals surface area (Å²) in [5, 5.41) is 0.427. The summed E-state index contributed by atoms with van der Waals surface area (Å²) in [7, 11) is 0. The van der Waals surface area contributed by atoms with Crippen molar-refractivity contribution >= 4 is 29.1 Å². The van der Waals surface area contributed by atoms with E-state index in [1.165, 1.54) is 0 Å². The van der Waals surface area contributed by atoms with Crippen molar-refractivity contribution in [1.82, 2.24) is 19.4 Å². The number of ether oxygens (including phenoxy) is 2. The number of imidazole rings is 1. The zero-order valence-electron chi connectivity index (χ0n) is 24.2. The van der Waals surface area contributed by atoms with Gasteiger partial charge >= 0.3 is 0 Å². The molecule has 1 atom stereocenters. The van der Waals surface area contributed by atoms with E-state index in [0.717, 1.165) is 54.4 Å². The maximum absolute atomic E-state index is 15.9. The van der Waals surface area contributed by atoms with Gasteiger partial charge in [0, 0.05) is 57.3 Å². The number of fused-ring (bicyclic) bond motifs is 3. The van der Waals surface area contributed by atoms with Gasteiger partial charge in [0.1, 0.15) is 23.4 Å². The lowest BCUT2D eigenvalue weighted by Crippen LogP contribution is -2.45. The number of carbonyl (C=O) groups is 2. The Balaban J connectivity index is 1.17. The van der Waals surface area contributed by atoms with E-state index in [1.807, 2.05) is 24.3 Å². The van der Waals surface area contributed by atoms with Gasteiger partial charge in [0.2, 0.25) is 5.91 Å². The summed E-state index contributed by atoms with van der Waals surface area (Å²) in [6.07, 6.45) is 2.69. The molecular formula is C32H35ClFN5O4. The Morgan fingerprint density at radius 2 is 1.88 bits per heavy atom. The number of carbonyl (C=O) groups excluding carboxylic acids is 2. The first-order valence-electron chi connectivity index (χ1n) is 15.0. The Morgan fingerprint density at radius 1 is 1.07 bits per heavy atom. The quantitative estimate of drug-likeness (QED) is 0.416. The molecule has 0 bridgehead atoms. The highest BCUT2D eigenvalue weighted by Crippen LogP contribution is 2.43. The van der Waals surface area contributed by atoms with E-state index in [-0.39, 0.29) is 24.2 Å². The van der Waals surface area contributed by atoms with Crippen molar-refractivity contribution in [2.75, 3.05) is 50.9 Å². The zero-order chi connectivity index (χ0) is 29.7. The number of hydrogen-bond donors (Lipinski definition) is 0. The van der Waals surface area contributed by atoms with Crippen LogP contribution in [0.4, 0.5) is 10.1 Å². The minimum absolute atomic E-state index is 0.00364. The fraction of sp³-hybridized carbons (Fsp3) is 0.469. The van der Waals surface area contributed by atoms with E-state index in [0.29, 0.717) is 68.1 Å². The summed E-state index contributed by atoms with van der Waals surface area (Å²) in [5.74, 6) is 1.02. The fourth-order valence-corrected chi connectivity index (χ4v) is 6.77. The van der Waals surface area contributed by atoms with Gasteiger partial charge in [-0.15, -0.1) is 0 Å². The zero-order valence-corrected chi connectivity index (χ0v) is 25.0. The molecule has 0 spiro atoms. The monoisotopic (exact) mass is 607 g/mol. The average molecular weight is 608 g/mol. The third kappa shape index (κ3) is 5.47. The Bertz CT molecular complexity index is 1570. The van der Waals surface area contributed by atoms with Crippen LogP contribution in [0.25, 0.3) is 0 Å². The molecule has 226 valence electrons. The lowest BCUT2D eigenvalue weighted by molar-refractivity contribution is -0.135. The number of halogens is 2. The molecule has 43 heavy (non-hydrogen) atoms. The van der Waals surface area contributed by atoms with Crippen molar-refractivity contribution in [2.24, 2.45) is 0 Å². The second kappa shape index (κ2) is 11.5. The van der Waals surface area contributed by atoms with Crippen molar-refractivity contribution in [1.29, 1.82) is 0 Å². The molecule has 1 aromatic heterocycles. The number of hydrogen-bond acceptors (Lipinski definition) is 6. The second-order valence-corrected chi connectivity index (χ2v) is 12.2. The molecule has 1 saturated heterocycles. The SMILES string of the molecule is CC(=O)N1CCn2c(nc3c2C(c2ccc(C4CC4)cc2F)N(C(=O)COc2ccc(N4CCOCC4)cc2Cl)CC3)C1. The first-order valence-corrected chi connectivity index (χ1v) is 15.4. The number of aromatic nitrogens is 2. The van der Waals surface area contributed by atoms with Crippen molar-refractivity contribution in [2.45, 2.75) is 51.2 Å². The summed E-state index contributed by atoms with van der Waals surface area (Å²) < 4.78 is 29.4. The van der Waals surface area contributed by atoms with Gasteiger partial charge in [0.25, 0.3) is 5.91 Å². The van der Waals surface area contributed by atoms with Crippen LogP contribution >= 0.6 is 11.6 Å². The molecule has 11 heteroatoms. The molecule has 0 radical (unpaired) electrons. The maximum atomic E-state index is 15.9. The highest BCUT2D eigenvalue weighted by molar-refractivity contribution is 6.32. The van der Waals surface area contributed by atoms with E-state index in [4.69, 9.17) is 26.1 Å². The van der Waals surface area contributed by atoms with Crippen LogP contribution in [-0.4, -0.2) is 77.2 Å². The number of benzene rings is 2. The molecule has 1 saturated carbocycles. The van der Waals surface area contributed by atoms with Crippen LogP contribution < -0.4 is 9.64 Å². The number of amides is 2. The Hall–Kier alpha value is -3.63. The number of nitrogens with zero attached hydrogens (tertiary/aromatic N) is 5. The molecular weight excluding hydrogens is 573 g/mol. The largest absolute Gasteiger partial charge is 0.482 e. The van der Waals surface area contributed by atoms with Gasteiger partial charge in [0.05, 0.1) is 36.2 Å². The molecule has 4 heterocycles. The van der Waals surface area contributed by atoms with Gasteiger partial charge < -0.3 is 28.7 Å². The summed E-state index contributed by atoms with van der Waals surface area (Å²) in [5.41, 5.74) is 4.10. The smallest absolute Gasteiger partial charge is 0.261 e. The van der Waals surface area contributed by atoms with Crippen molar-refractivity contribution < 1.29 is 23.5 Å². The van der Waals surface area contributed by atoms with Gasteiger partial charge in [-0.1, -0.05) is 23.7 Å². The van der Waals surface area contributed by atoms with E-state index in [1.54, 1.807) is 28.9 Å². The van der Waals surface area contributed by atoms with Gasteiger partial charge in [-0.05, 0) is 48.6 Å². The molecule has 2 amide bonds. The van der Waals surface area contributed by atoms with Crippen molar-refractivity contribution in [3.05, 3.63) is 75.6 Å². The predicted molar refractivity (Wildman–Crippen MR) is 159 cm³/mol. The van der Waals surface area contributed by atoms with Crippen LogP contribution in [0.15, 0.2) is 36.4 Å². The third-order valence-corrected chi connectivity index (χ3v) is 9.32. The van der Waals surface area contributed by atoms with Crippen LogP contribution in [-0.2, 0) is 33.8 Å². The van der Waals surface area contributed by atoms with Gasteiger partial charge in [0.15, 0.2) is 6.61 Å². The molecule has 7 rings (SSSR count). The normalized spacial score (nSPS) is 20.1. The highest BCUT2D eigenvalue weighted by Gasteiger charge is 2.40. The molecule has 2 aromatic carbocycles. The number of rotatable bonds is 6. The average Bonchev–Trinajstić information content (AvgIpc) is 3.80. The van der Waals surface area contributed by atoms with E-state index >= 15 is 4.39 Å². The van der Waals surface area contributed by atoms with Crippen LogP contribution in [0.3, 0.4) is 0 Å². The third-order valence-electron chi connectivity index (χ3n) is 9.02. The fourth-order valence-electron chi connectivity index (χ4n) is 6.54. The standard InChI is InChI=1S/C32H35ClFN5O4/c1-20(40)37-10-11-38-29(18-37)35-27-8-9-39(31(32(27)38)24-6-4-22(16-26(24)34)21-2-3-21)30(41)19-43-28-7-5-23(17-25(28)33)36-12-14-42-15-13-36/h4-7,16-17,21,31H,2-3,8-15,18-19H2,1H3. The topological polar surface area (TPSA) is 80.1 Å². The van der Waals surface area contributed by atoms with E-state index in [9.17, 15) is 9.59 Å². The molecule has 0 N–H and O–H groups in total. The minimum Gasteiger partial charge on any atom is -0.482 e. The Kier molecular flexibility index (Phi) is 7.51. The molecule has 3 aromatic rings. The van der Waals surface area contributed by atoms with Crippen LogP contribution in [0, 0.1) is 5.82 Å². The minimum atomic E-state index is -0.655. The first kappa shape index (κ1) is 28.2. The molecule has 3 aliphatic heterocycles.